The predicted molar refractivity (Wildman–Crippen MR) is 120 cm³/mol. The first-order valence-electron chi connectivity index (χ1n) is 10.2. The molecule has 0 fully saturated rings. The van der Waals surface area contributed by atoms with Crippen molar-refractivity contribution in [2.24, 2.45) is 0 Å². The molecule has 166 valence electrons. The van der Waals surface area contributed by atoms with E-state index in [-0.39, 0.29) is 11.4 Å². The van der Waals surface area contributed by atoms with Crippen molar-refractivity contribution < 1.29 is 19.4 Å². The molecular weight excluding hydrogens is 428 g/mol. The highest BCUT2D eigenvalue weighted by Crippen LogP contribution is 2.40. The fourth-order valence-electron chi connectivity index (χ4n) is 3.96. The molecule has 2 aromatic heterocycles. The van der Waals surface area contributed by atoms with Gasteiger partial charge >= 0.3 is 0 Å². The summed E-state index contributed by atoms with van der Waals surface area (Å²) < 4.78 is 7.17. The van der Waals surface area contributed by atoms with Gasteiger partial charge < -0.3 is 19.3 Å². The normalized spacial score (nSPS) is 16.2. The lowest BCUT2D eigenvalue weighted by molar-refractivity contribution is -0.129. The molecule has 4 rings (SSSR count). The van der Waals surface area contributed by atoms with E-state index < -0.39 is 17.7 Å². The molecule has 0 radical (unpaired) electrons. The molecular formula is C23H24N4O4S. The van der Waals surface area contributed by atoms with Crippen molar-refractivity contribution >= 4 is 23.0 Å². The van der Waals surface area contributed by atoms with Gasteiger partial charge in [-0.2, -0.15) is 0 Å². The minimum atomic E-state index is -0.689. The molecule has 1 aliphatic rings. The highest BCUT2D eigenvalue weighted by Gasteiger charge is 2.44. The minimum absolute atomic E-state index is 0.0922. The van der Waals surface area contributed by atoms with Gasteiger partial charge in [0.1, 0.15) is 5.75 Å². The summed E-state index contributed by atoms with van der Waals surface area (Å²) in [4.78, 5) is 36.9. The third-order valence-electron chi connectivity index (χ3n) is 5.46. The van der Waals surface area contributed by atoms with E-state index in [4.69, 9.17) is 4.74 Å². The highest BCUT2D eigenvalue weighted by molar-refractivity contribution is 7.14. The molecule has 0 saturated heterocycles. The van der Waals surface area contributed by atoms with Crippen LogP contribution in [0.5, 0.6) is 5.75 Å². The summed E-state index contributed by atoms with van der Waals surface area (Å²) in [6.45, 7) is 4.62. The monoisotopic (exact) mass is 452 g/mol. The van der Waals surface area contributed by atoms with Crippen LogP contribution in [-0.4, -0.2) is 49.9 Å². The average Bonchev–Trinajstić information content (AvgIpc) is 3.48. The number of amides is 1. The third-order valence-corrected chi connectivity index (χ3v) is 6.54. The number of Topliss-reactive ketones (excluding diaryl/α,β-unsaturated/α-hetero) is 1. The number of carbonyl (C=O) groups excluding carboxylic acids is 2. The number of ketones is 1. The molecule has 9 heteroatoms. The van der Waals surface area contributed by atoms with Gasteiger partial charge in [-0.1, -0.05) is 12.1 Å². The second kappa shape index (κ2) is 8.96. The van der Waals surface area contributed by atoms with Crippen LogP contribution >= 0.6 is 11.3 Å². The van der Waals surface area contributed by atoms with E-state index in [1.807, 2.05) is 29.8 Å². The standard InChI is InChI=1S/C23H24N4O4S/c1-14-22(32-15(2)25-14)20(28)18-19(16-5-7-17(31-3)8-6-16)27(23(30)21(18)29)11-4-10-26-12-9-24-13-26/h5-9,12-13,19,29H,4,10-11H2,1-3H3/t19-/m0/s1. The number of methoxy groups -OCH3 is 1. The molecule has 32 heavy (non-hydrogen) atoms. The number of aliphatic hydroxyl groups is 1. The van der Waals surface area contributed by atoms with Gasteiger partial charge in [0.05, 0.1) is 40.6 Å². The van der Waals surface area contributed by atoms with E-state index >= 15 is 0 Å². The lowest BCUT2D eigenvalue weighted by Gasteiger charge is -2.27. The van der Waals surface area contributed by atoms with Crippen LogP contribution in [0.25, 0.3) is 0 Å². The summed E-state index contributed by atoms with van der Waals surface area (Å²) in [6, 6.07) is 6.50. The second-order valence-corrected chi connectivity index (χ2v) is 8.77. The van der Waals surface area contributed by atoms with Crippen molar-refractivity contribution in [1.29, 1.82) is 0 Å². The van der Waals surface area contributed by atoms with Crippen molar-refractivity contribution in [1.82, 2.24) is 19.4 Å². The average molecular weight is 453 g/mol. The maximum atomic E-state index is 13.5. The fourth-order valence-corrected chi connectivity index (χ4v) is 4.83. The van der Waals surface area contributed by atoms with Crippen LogP contribution in [0.2, 0.25) is 0 Å². The van der Waals surface area contributed by atoms with E-state index in [2.05, 4.69) is 9.97 Å². The number of benzene rings is 1. The SMILES string of the molecule is COc1ccc([C@H]2C(C(=O)c3sc(C)nc3C)=C(O)C(=O)N2CCCn2ccnc2)cc1. The number of nitrogens with zero attached hydrogens (tertiary/aromatic N) is 4. The van der Waals surface area contributed by atoms with E-state index in [0.29, 0.717) is 35.8 Å². The molecule has 0 saturated carbocycles. The Hall–Kier alpha value is -3.46. The van der Waals surface area contributed by atoms with Gasteiger partial charge in [0.2, 0.25) is 5.78 Å². The van der Waals surface area contributed by atoms with Crippen molar-refractivity contribution in [2.75, 3.05) is 13.7 Å². The number of imidazole rings is 1. The summed E-state index contributed by atoms with van der Waals surface area (Å²) >= 11 is 1.27. The van der Waals surface area contributed by atoms with Gasteiger partial charge in [0.25, 0.3) is 5.91 Å². The number of rotatable bonds is 8. The molecule has 0 bridgehead atoms. The summed E-state index contributed by atoms with van der Waals surface area (Å²) in [7, 11) is 1.58. The first-order valence-corrected chi connectivity index (χ1v) is 11.0. The largest absolute Gasteiger partial charge is 0.503 e. The second-order valence-electron chi connectivity index (χ2n) is 7.57. The van der Waals surface area contributed by atoms with E-state index in [1.54, 1.807) is 43.6 Å². The Morgan fingerprint density at radius 3 is 2.56 bits per heavy atom. The maximum Gasteiger partial charge on any atom is 0.290 e. The Morgan fingerprint density at radius 1 is 1.22 bits per heavy atom. The topological polar surface area (TPSA) is 97.5 Å². The number of ether oxygens (including phenoxy) is 1. The van der Waals surface area contributed by atoms with Gasteiger partial charge in [0.15, 0.2) is 5.76 Å². The van der Waals surface area contributed by atoms with Crippen LogP contribution in [0.1, 0.15) is 38.4 Å². The van der Waals surface area contributed by atoms with Gasteiger partial charge in [-0.15, -0.1) is 11.3 Å². The minimum Gasteiger partial charge on any atom is -0.503 e. The molecule has 1 aliphatic heterocycles. The third kappa shape index (κ3) is 4.03. The zero-order chi connectivity index (χ0) is 22.8. The summed E-state index contributed by atoms with van der Waals surface area (Å²) in [5, 5.41) is 11.5. The molecule has 3 heterocycles. The summed E-state index contributed by atoms with van der Waals surface area (Å²) in [5.41, 5.74) is 1.42. The molecule has 0 aliphatic carbocycles. The predicted octanol–water partition coefficient (Wildman–Crippen LogP) is 3.63. The Bertz CT molecular complexity index is 1170. The number of aromatic nitrogens is 3. The zero-order valence-corrected chi connectivity index (χ0v) is 18.9. The molecule has 1 aromatic carbocycles. The number of thiazole rings is 1. The van der Waals surface area contributed by atoms with Crippen molar-refractivity contribution in [3.63, 3.8) is 0 Å². The van der Waals surface area contributed by atoms with Gasteiger partial charge in [-0.05, 0) is 38.0 Å². The quantitative estimate of drug-likeness (QED) is 0.524. The zero-order valence-electron chi connectivity index (χ0n) is 18.1. The van der Waals surface area contributed by atoms with E-state index in [9.17, 15) is 14.7 Å². The Labute approximate surface area is 189 Å². The summed E-state index contributed by atoms with van der Waals surface area (Å²) in [5.74, 6) is -0.737. The smallest absolute Gasteiger partial charge is 0.290 e. The maximum absolute atomic E-state index is 13.5. The van der Waals surface area contributed by atoms with Crippen LogP contribution < -0.4 is 4.74 Å². The van der Waals surface area contributed by atoms with Crippen molar-refractivity contribution in [2.45, 2.75) is 32.9 Å². The summed E-state index contributed by atoms with van der Waals surface area (Å²) in [6.07, 6.45) is 5.91. The Kier molecular flexibility index (Phi) is 6.09. The van der Waals surface area contributed by atoms with Crippen molar-refractivity contribution in [3.8, 4) is 5.75 Å². The number of hydrogen-bond donors (Lipinski definition) is 1. The van der Waals surface area contributed by atoms with E-state index in [0.717, 1.165) is 10.6 Å². The Morgan fingerprint density at radius 2 is 1.97 bits per heavy atom. The Balaban J connectivity index is 1.69. The molecule has 1 amide bonds. The lowest BCUT2D eigenvalue weighted by Crippen LogP contribution is -2.32. The first kappa shape index (κ1) is 21.8. The number of hydrogen-bond acceptors (Lipinski definition) is 7. The van der Waals surface area contributed by atoms with E-state index in [1.165, 1.54) is 11.3 Å². The van der Waals surface area contributed by atoms with Crippen LogP contribution in [0.3, 0.4) is 0 Å². The molecule has 1 N–H and O–H groups in total. The molecule has 1 atom stereocenters. The number of aliphatic hydroxyl groups excluding tert-OH is 1. The molecule has 3 aromatic rings. The molecule has 0 unspecified atom stereocenters. The van der Waals surface area contributed by atoms with Crippen molar-refractivity contribution in [3.05, 3.63) is 75.5 Å². The van der Waals surface area contributed by atoms with Crippen LogP contribution in [0.4, 0.5) is 0 Å². The first-order chi connectivity index (χ1) is 15.4. The fraction of sp³-hybridized carbons (Fsp3) is 0.304. The van der Waals surface area contributed by atoms with Gasteiger partial charge in [-0.25, -0.2) is 9.97 Å². The van der Waals surface area contributed by atoms with Crippen LogP contribution in [0, 0.1) is 13.8 Å². The molecule has 8 nitrogen and oxygen atoms in total. The highest BCUT2D eigenvalue weighted by atomic mass is 32.1. The van der Waals surface area contributed by atoms with Gasteiger partial charge in [0, 0.05) is 25.5 Å². The molecule has 0 spiro atoms. The number of carbonyl (C=O) groups is 2. The van der Waals surface area contributed by atoms with Crippen LogP contribution in [-0.2, 0) is 11.3 Å². The van der Waals surface area contributed by atoms with Gasteiger partial charge in [-0.3, -0.25) is 9.59 Å². The van der Waals surface area contributed by atoms with Crippen LogP contribution in [0.15, 0.2) is 54.3 Å². The lowest BCUT2D eigenvalue weighted by atomic mass is 9.95. The number of aryl methyl sites for hydroxylation is 3.